The highest BCUT2D eigenvalue weighted by Crippen LogP contribution is 2.70. The number of carbonyl (C=O) groups is 1. The van der Waals surface area contributed by atoms with Crippen LogP contribution >= 0.6 is 22.2 Å². The van der Waals surface area contributed by atoms with Crippen molar-refractivity contribution in [2.75, 3.05) is 17.7 Å². The Hall–Kier alpha value is -2.27. The van der Waals surface area contributed by atoms with E-state index in [4.69, 9.17) is 17.3 Å². The van der Waals surface area contributed by atoms with Crippen LogP contribution in [0.1, 0.15) is 34.5 Å². The van der Waals surface area contributed by atoms with Crippen LogP contribution in [0.25, 0.3) is 0 Å². The summed E-state index contributed by atoms with van der Waals surface area (Å²) in [5, 5.41) is 2.97. The molecule has 0 bridgehead atoms. The number of benzene rings is 1. The third-order valence-electron chi connectivity index (χ3n) is 5.78. The largest absolute Gasteiger partial charge is 0.386 e. The van der Waals surface area contributed by atoms with Crippen molar-refractivity contribution in [1.29, 1.82) is 0 Å². The Morgan fingerprint density at radius 2 is 2.06 bits per heavy atom. The molecule has 0 unspecified atom stereocenters. The lowest BCUT2D eigenvalue weighted by Crippen LogP contribution is -2.50. The molecule has 2 aromatic rings. The van der Waals surface area contributed by atoms with Crippen LogP contribution in [0.3, 0.4) is 0 Å². The smallest absolute Gasteiger partial charge is 0.274 e. The Bertz CT molecular complexity index is 1110. The summed E-state index contributed by atoms with van der Waals surface area (Å²) in [4.78, 5) is 20.8. The summed E-state index contributed by atoms with van der Waals surface area (Å²) in [5.74, 6) is -1.92. The number of nitrogens with two attached hydrogens (primary N) is 1. The number of alkyl halides is 1. The zero-order valence-corrected chi connectivity index (χ0v) is 18.1. The molecule has 1 amide bonds. The number of halogens is 3. The van der Waals surface area contributed by atoms with Gasteiger partial charge in [0.05, 0.1) is 10.8 Å². The number of nitrogens with zero attached hydrogens (tertiary/aromatic N) is 2. The number of hydrogen-bond donors (Lipinski definition) is 4. The van der Waals surface area contributed by atoms with Crippen LogP contribution in [-0.2, 0) is 5.54 Å². The van der Waals surface area contributed by atoms with E-state index in [-0.39, 0.29) is 22.8 Å². The summed E-state index contributed by atoms with van der Waals surface area (Å²) in [6.07, 6.45) is 2.22. The summed E-state index contributed by atoms with van der Waals surface area (Å²) < 4.78 is 49.4. The van der Waals surface area contributed by atoms with E-state index in [1.807, 2.05) is 0 Å². The number of aryl methyl sites for hydroxylation is 1. The van der Waals surface area contributed by atoms with Gasteiger partial charge >= 0.3 is 0 Å². The van der Waals surface area contributed by atoms with Crippen molar-refractivity contribution in [3.05, 3.63) is 58.1 Å². The second-order valence-corrected chi connectivity index (χ2v) is 10.8. The highest BCUT2D eigenvalue weighted by atomic mass is 35.5. The van der Waals surface area contributed by atoms with Gasteiger partial charge in [0.25, 0.3) is 5.91 Å². The molecule has 1 aromatic carbocycles. The molecule has 1 aliphatic carbocycles. The average molecular weight is 471 g/mol. The van der Waals surface area contributed by atoms with E-state index in [1.54, 1.807) is 13.0 Å². The first-order chi connectivity index (χ1) is 14.5. The predicted molar refractivity (Wildman–Crippen MR) is 117 cm³/mol. The van der Waals surface area contributed by atoms with Crippen molar-refractivity contribution < 1.29 is 22.7 Å². The molecule has 1 spiro atoms. The summed E-state index contributed by atoms with van der Waals surface area (Å²) in [7, 11) is -3.34. The van der Waals surface area contributed by atoms with Gasteiger partial charge in [0.15, 0.2) is 0 Å². The number of carbonyl (C=O) groups excluding carboxylic acids is 1. The molecule has 1 atom stereocenters. The van der Waals surface area contributed by atoms with E-state index in [2.05, 4.69) is 15.3 Å². The molecule has 2 aliphatic rings. The van der Waals surface area contributed by atoms with Crippen molar-refractivity contribution in [3.63, 3.8) is 0 Å². The van der Waals surface area contributed by atoms with Gasteiger partial charge in [0.1, 0.15) is 34.3 Å². The Kier molecular flexibility index (Phi) is 5.24. The summed E-state index contributed by atoms with van der Waals surface area (Å²) in [6, 6.07) is 5.18. The quantitative estimate of drug-likeness (QED) is 0.532. The number of nitrogens with one attached hydrogen (secondary N) is 1. The molecule has 11 heteroatoms. The molecule has 2 heterocycles. The van der Waals surface area contributed by atoms with Crippen molar-refractivity contribution in [2.45, 2.75) is 30.1 Å². The molecule has 1 aromatic heterocycles. The lowest BCUT2D eigenvalue weighted by molar-refractivity contribution is 0.102. The highest BCUT2D eigenvalue weighted by molar-refractivity contribution is 8.26. The van der Waals surface area contributed by atoms with Crippen LogP contribution in [0.5, 0.6) is 0 Å². The van der Waals surface area contributed by atoms with E-state index in [9.17, 15) is 22.7 Å². The molecule has 0 saturated heterocycles. The fourth-order valence-corrected chi connectivity index (χ4v) is 6.49. The zero-order chi connectivity index (χ0) is 22.6. The molecule has 7 nitrogen and oxygen atoms in total. The molecular formula is C20H21ClF2N4O3S. The van der Waals surface area contributed by atoms with Gasteiger partial charge in [-0.3, -0.25) is 18.9 Å². The SMILES string of the molecule is Cc1cc(Cl)cnc1C(=O)Nc1ccc(F)c([C@@]2(CF)CS(O)(O)C3(CC3)C(N)=N2)c1. The van der Waals surface area contributed by atoms with Crippen LogP contribution in [-0.4, -0.2) is 43.0 Å². The van der Waals surface area contributed by atoms with Crippen LogP contribution in [0.15, 0.2) is 35.5 Å². The minimum Gasteiger partial charge on any atom is -0.386 e. The Balaban J connectivity index is 1.71. The van der Waals surface area contributed by atoms with Gasteiger partial charge in [-0.25, -0.2) is 13.8 Å². The lowest BCUT2D eigenvalue weighted by atomic mass is 9.92. The first kappa shape index (κ1) is 21.9. The fourth-order valence-electron chi connectivity index (χ4n) is 3.91. The van der Waals surface area contributed by atoms with E-state index in [1.165, 1.54) is 18.3 Å². The number of amides is 1. The minimum atomic E-state index is -3.34. The number of amidine groups is 1. The molecule has 31 heavy (non-hydrogen) atoms. The summed E-state index contributed by atoms with van der Waals surface area (Å²) in [6.45, 7) is 0.478. The number of aromatic nitrogens is 1. The third-order valence-corrected chi connectivity index (χ3v) is 8.73. The average Bonchev–Trinajstić information content (AvgIpc) is 3.50. The van der Waals surface area contributed by atoms with Crippen LogP contribution in [0.4, 0.5) is 14.5 Å². The topological polar surface area (TPSA) is 121 Å². The predicted octanol–water partition coefficient (Wildman–Crippen LogP) is 4.25. The minimum absolute atomic E-state index is 0.0776. The van der Waals surface area contributed by atoms with Crippen LogP contribution in [0.2, 0.25) is 5.02 Å². The van der Waals surface area contributed by atoms with Gasteiger partial charge in [-0.2, -0.15) is 10.6 Å². The lowest BCUT2D eigenvalue weighted by Gasteiger charge is -2.49. The van der Waals surface area contributed by atoms with Crippen molar-refractivity contribution in [1.82, 2.24) is 4.98 Å². The normalized spacial score (nSPS) is 24.4. The van der Waals surface area contributed by atoms with E-state index < -0.39 is 45.0 Å². The molecule has 1 aliphatic heterocycles. The van der Waals surface area contributed by atoms with Crippen molar-refractivity contribution in [2.24, 2.45) is 10.7 Å². The van der Waals surface area contributed by atoms with Crippen molar-refractivity contribution in [3.8, 4) is 0 Å². The van der Waals surface area contributed by atoms with Gasteiger partial charge in [0.2, 0.25) is 0 Å². The van der Waals surface area contributed by atoms with E-state index in [0.717, 1.165) is 6.07 Å². The second-order valence-electron chi connectivity index (χ2n) is 7.94. The zero-order valence-electron chi connectivity index (χ0n) is 16.5. The maximum Gasteiger partial charge on any atom is 0.274 e. The van der Waals surface area contributed by atoms with E-state index >= 15 is 0 Å². The molecular weight excluding hydrogens is 450 g/mol. The number of hydrogen-bond acceptors (Lipinski definition) is 6. The first-order valence-corrected chi connectivity index (χ1v) is 11.5. The summed E-state index contributed by atoms with van der Waals surface area (Å²) in [5.41, 5.74) is 4.71. The molecule has 0 radical (unpaired) electrons. The fraction of sp³-hybridized carbons (Fsp3) is 0.350. The Morgan fingerprint density at radius 3 is 2.65 bits per heavy atom. The standard InChI is InChI=1S/C20H21ClF2N4O3S/c1-11-6-12(21)8-25-16(11)17(28)26-13-2-3-15(23)14(7-13)19(9-22)10-31(29,30)20(4-5-20)18(24)27-19/h2-3,6-8,29-30H,4-5,9-10H2,1H3,(H2,24,27)(H,26,28)/t19-/m1/s1. The van der Waals surface area contributed by atoms with Gasteiger partial charge in [-0.1, -0.05) is 11.6 Å². The third kappa shape index (κ3) is 3.57. The maximum absolute atomic E-state index is 14.8. The number of aliphatic imine (C=N–C) groups is 1. The molecule has 1 fully saturated rings. The van der Waals surface area contributed by atoms with Crippen molar-refractivity contribution >= 4 is 39.6 Å². The first-order valence-electron chi connectivity index (χ1n) is 9.44. The van der Waals surface area contributed by atoms with E-state index in [0.29, 0.717) is 23.4 Å². The number of anilines is 1. The molecule has 166 valence electrons. The van der Waals surface area contributed by atoms with Crippen LogP contribution in [0, 0.1) is 12.7 Å². The number of pyridine rings is 1. The van der Waals surface area contributed by atoms with Crippen LogP contribution < -0.4 is 11.1 Å². The van der Waals surface area contributed by atoms with Gasteiger partial charge in [-0.15, -0.1) is 0 Å². The van der Waals surface area contributed by atoms with Gasteiger partial charge in [-0.05, 0) is 49.6 Å². The highest BCUT2D eigenvalue weighted by Gasteiger charge is 2.63. The molecule has 4 rings (SSSR count). The maximum atomic E-state index is 14.8. The van der Waals surface area contributed by atoms with Gasteiger partial charge in [0, 0.05) is 17.4 Å². The molecule has 1 saturated carbocycles. The number of rotatable bonds is 4. The Labute approximate surface area is 184 Å². The van der Waals surface area contributed by atoms with Gasteiger partial charge < -0.3 is 11.1 Å². The Morgan fingerprint density at radius 1 is 1.35 bits per heavy atom. The summed E-state index contributed by atoms with van der Waals surface area (Å²) >= 11 is 5.86. The molecule has 5 N–H and O–H groups in total. The second kappa shape index (κ2) is 7.40. The monoisotopic (exact) mass is 470 g/mol.